The summed E-state index contributed by atoms with van der Waals surface area (Å²) in [4.78, 5) is 21.5. The van der Waals surface area contributed by atoms with Crippen molar-refractivity contribution in [3.8, 4) is 22.5 Å². The fraction of sp³-hybridized carbons (Fsp3) is 0.125. The van der Waals surface area contributed by atoms with Crippen molar-refractivity contribution in [3.05, 3.63) is 79.2 Å². The van der Waals surface area contributed by atoms with Crippen molar-refractivity contribution in [1.29, 1.82) is 0 Å². The van der Waals surface area contributed by atoms with Gasteiger partial charge >= 0.3 is 0 Å². The van der Waals surface area contributed by atoms with Gasteiger partial charge in [0.2, 0.25) is 0 Å². The minimum atomic E-state index is -0.292. The molecule has 156 valence electrons. The summed E-state index contributed by atoms with van der Waals surface area (Å²) in [5, 5.41) is 11.3. The Labute approximate surface area is 183 Å². The number of furan rings is 1. The van der Waals surface area contributed by atoms with Gasteiger partial charge in [-0.25, -0.2) is 0 Å². The van der Waals surface area contributed by atoms with Crippen molar-refractivity contribution in [1.82, 2.24) is 24.7 Å². The van der Waals surface area contributed by atoms with Crippen LogP contribution in [0.2, 0.25) is 0 Å². The largest absolute Gasteiger partial charge is 0.463 e. The van der Waals surface area contributed by atoms with Gasteiger partial charge in [-0.1, -0.05) is 12.1 Å². The van der Waals surface area contributed by atoms with Crippen LogP contribution < -0.4 is 5.32 Å². The number of aromatic nitrogens is 5. The lowest BCUT2D eigenvalue weighted by Crippen LogP contribution is -2.13. The number of nitrogens with zero attached hydrogens (tertiary/aromatic N) is 5. The van der Waals surface area contributed by atoms with Crippen LogP contribution in [0.1, 0.15) is 29.4 Å². The summed E-state index contributed by atoms with van der Waals surface area (Å²) in [5.41, 5.74) is 5.07. The van der Waals surface area contributed by atoms with E-state index in [1.54, 1.807) is 31.1 Å². The molecule has 1 aliphatic rings. The van der Waals surface area contributed by atoms with Gasteiger partial charge in [-0.05, 0) is 48.7 Å². The van der Waals surface area contributed by atoms with Gasteiger partial charge in [-0.2, -0.15) is 0 Å². The molecular formula is C24H18N6O2. The molecule has 0 atom stereocenters. The van der Waals surface area contributed by atoms with Crippen molar-refractivity contribution in [2.45, 2.75) is 18.9 Å². The monoisotopic (exact) mass is 422 g/mol. The molecule has 8 heteroatoms. The molecular weight excluding hydrogens is 404 g/mol. The highest BCUT2D eigenvalue weighted by atomic mass is 16.3. The van der Waals surface area contributed by atoms with E-state index in [0.717, 1.165) is 40.9 Å². The van der Waals surface area contributed by atoms with Gasteiger partial charge in [0.1, 0.15) is 17.5 Å². The van der Waals surface area contributed by atoms with Gasteiger partial charge < -0.3 is 14.3 Å². The number of anilines is 1. The minimum absolute atomic E-state index is 0.292. The average Bonchev–Trinajstić information content (AvgIpc) is 3.36. The molecule has 0 unspecified atom stereocenters. The third kappa shape index (κ3) is 3.41. The highest BCUT2D eigenvalue weighted by Crippen LogP contribution is 2.37. The number of nitrogens with one attached hydrogen (secondary N) is 1. The van der Waals surface area contributed by atoms with Gasteiger partial charge in [0, 0.05) is 41.3 Å². The van der Waals surface area contributed by atoms with Crippen molar-refractivity contribution >= 4 is 22.7 Å². The number of carbonyl (C=O) groups excluding carboxylic acids is 1. The summed E-state index contributed by atoms with van der Waals surface area (Å²) in [6.45, 7) is 0. The molecule has 1 N–H and O–H groups in total. The van der Waals surface area contributed by atoms with Gasteiger partial charge in [0.05, 0.1) is 6.26 Å². The topological polar surface area (TPSA) is 98.7 Å². The molecule has 0 saturated heterocycles. The summed E-state index contributed by atoms with van der Waals surface area (Å²) in [5.74, 6) is 0.518. The zero-order valence-electron chi connectivity index (χ0n) is 17.0. The smallest absolute Gasteiger partial charge is 0.274 e. The predicted molar refractivity (Wildman–Crippen MR) is 119 cm³/mol. The molecule has 1 fully saturated rings. The first-order chi connectivity index (χ1) is 15.7. The highest BCUT2D eigenvalue weighted by molar-refractivity contribution is 6.03. The number of carbonyl (C=O) groups is 1. The second-order valence-corrected chi connectivity index (χ2v) is 7.79. The summed E-state index contributed by atoms with van der Waals surface area (Å²) in [7, 11) is 0. The standard InChI is InChI=1S/C24H18N6O2/c31-24(21-11-15(6-8-25-21)17-12-22-20(26-13-17)7-9-32-22)28-18-3-1-2-16(10-18)23-29-27-14-30(23)19-4-5-19/h1-3,6-14,19H,4-5H2,(H,28,31). The highest BCUT2D eigenvalue weighted by Gasteiger charge is 2.26. The lowest BCUT2D eigenvalue weighted by Gasteiger charge is -2.09. The second-order valence-electron chi connectivity index (χ2n) is 7.79. The first-order valence-corrected chi connectivity index (χ1v) is 10.4. The van der Waals surface area contributed by atoms with Crippen LogP contribution in [0, 0.1) is 0 Å². The second kappa shape index (κ2) is 7.42. The SMILES string of the molecule is O=C(Nc1cccc(-c2nncn2C2CC2)c1)c1cc(-c2cnc3ccoc3c2)ccn1. The summed E-state index contributed by atoms with van der Waals surface area (Å²) in [6.07, 6.45) is 9.04. The molecule has 1 saturated carbocycles. The molecule has 0 bridgehead atoms. The Hall–Kier alpha value is -4.33. The van der Waals surface area contributed by atoms with Crippen molar-refractivity contribution in [3.63, 3.8) is 0 Å². The Bertz CT molecular complexity index is 1450. The first kappa shape index (κ1) is 18.4. The molecule has 0 radical (unpaired) electrons. The number of hydrogen-bond acceptors (Lipinski definition) is 6. The van der Waals surface area contributed by atoms with E-state index in [9.17, 15) is 4.79 Å². The first-order valence-electron chi connectivity index (χ1n) is 10.4. The van der Waals surface area contributed by atoms with E-state index in [1.165, 1.54) is 0 Å². The Morgan fingerprint density at radius 1 is 1.03 bits per heavy atom. The molecule has 1 amide bonds. The Kier molecular flexibility index (Phi) is 4.28. The van der Waals surface area contributed by atoms with Crippen molar-refractivity contribution < 1.29 is 9.21 Å². The fourth-order valence-electron chi connectivity index (χ4n) is 3.74. The molecule has 1 aliphatic carbocycles. The van der Waals surface area contributed by atoms with Crippen LogP contribution >= 0.6 is 0 Å². The zero-order valence-corrected chi connectivity index (χ0v) is 17.0. The molecule has 6 rings (SSSR count). The van der Waals surface area contributed by atoms with Crippen LogP contribution in [0.3, 0.4) is 0 Å². The molecule has 4 heterocycles. The van der Waals surface area contributed by atoms with Crippen LogP contribution in [0.25, 0.3) is 33.6 Å². The van der Waals surface area contributed by atoms with Crippen molar-refractivity contribution in [2.75, 3.05) is 5.32 Å². The maximum atomic E-state index is 12.9. The molecule has 32 heavy (non-hydrogen) atoms. The lowest BCUT2D eigenvalue weighted by atomic mass is 10.1. The van der Waals surface area contributed by atoms with E-state index in [4.69, 9.17) is 4.42 Å². The van der Waals surface area contributed by atoms with E-state index in [-0.39, 0.29) is 5.91 Å². The fourth-order valence-corrected chi connectivity index (χ4v) is 3.74. The summed E-state index contributed by atoms with van der Waals surface area (Å²) in [6, 6.07) is 15.4. The van der Waals surface area contributed by atoms with E-state index in [1.807, 2.05) is 42.5 Å². The van der Waals surface area contributed by atoms with E-state index in [2.05, 4.69) is 30.0 Å². The molecule has 4 aromatic heterocycles. The van der Waals surface area contributed by atoms with Crippen LogP contribution in [0.5, 0.6) is 0 Å². The number of benzene rings is 1. The number of pyridine rings is 2. The van der Waals surface area contributed by atoms with E-state index >= 15 is 0 Å². The maximum Gasteiger partial charge on any atom is 0.274 e. The molecule has 8 nitrogen and oxygen atoms in total. The maximum absolute atomic E-state index is 12.9. The van der Waals surface area contributed by atoms with Crippen molar-refractivity contribution in [2.24, 2.45) is 0 Å². The normalized spacial score (nSPS) is 13.4. The number of rotatable bonds is 5. The third-order valence-corrected chi connectivity index (χ3v) is 5.52. The summed E-state index contributed by atoms with van der Waals surface area (Å²) < 4.78 is 7.53. The molecule has 0 spiro atoms. The van der Waals surface area contributed by atoms with Gasteiger partial charge in [-0.15, -0.1) is 10.2 Å². The quantitative estimate of drug-likeness (QED) is 0.439. The van der Waals surface area contributed by atoms with Gasteiger partial charge in [0.25, 0.3) is 5.91 Å². The Morgan fingerprint density at radius 3 is 2.88 bits per heavy atom. The third-order valence-electron chi connectivity index (χ3n) is 5.52. The van der Waals surface area contributed by atoms with Crippen LogP contribution in [-0.4, -0.2) is 30.6 Å². The molecule has 0 aliphatic heterocycles. The predicted octanol–water partition coefficient (Wildman–Crippen LogP) is 4.74. The Morgan fingerprint density at radius 2 is 1.97 bits per heavy atom. The van der Waals surface area contributed by atoms with Gasteiger partial charge in [0.15, 0.2) is 11.4 Å². The average molecular weight is 422 g/mol. The summed E-state index contributed by atoms with van der Waals surface area (Å²) >= 11 is 0. The number of fused-ring (bicyclic) bond motifs is 1. The molecule has 5 aromatic rings. The minimum Gasteiger partial charge on any atom is -0.463 e. The van der Waals surface area contributed by atoms with E-state index in [0.29, 0.717) is 23.0 Å². The van der Waals surface area contributed by atoms with E-state index < -0.39 is 0 Å². The van der Waals surface area contributed by atoms with Crippen LogP contribution in [0.4, 0.5) is 5.69 Å². The number of hydrogen-bond donors (Lipinski definition) is 1. The Balaban J connectivity index is 1.25. The zero-order chi connectivity index (χ0) is 21.5. The van der Waals surface area contributed by atoms with Crippen LogP contribution in [-0.2, 0) is 0 Å². The number of amides is 1. The van der Waals surface area contributed by atoms with Crippen LogP contribution in [0.15, 0.2) is 77.9 Å². The van der Waals surface area contributed by atoms with Gasteiger partial charge in [-0.3, -0.25) is 14.8 Å². The molecule has 1 aromatic carbocycles. The lowest BCUT2D eigenvalue weighted by molar-refractivity contribution is 0.102.